The number of aromatic amines is 1. The Kier molecular flexibility index (Phi) is 3.96. The summed E-state index contributed by atoms with van der Waals surface area (Å²) < 4.78 is 0. The molecule has 1 aromatic heterocycles. The van der Waals surface area contributed by atoms with Crippen LogP contribution >= 0.6 is 0 Å². The summed E-state index contributed by atoms with van der Waals surface area (Å²) in [7, 11) is 0. The zero-order chi connectivity index (χ0) is 16.5. The molecule has 1 aliphatic carbocycles. The number of hydrogen-bond acceptors (Lipinski definition) is 3. The van der Waals surface area contributed by atoms with Crippen LogP contribution in [0.5, 0.6) is 0 Å². The van der Waals surface area contributed by atoms with E-state index in [1.54, 1.807) is 11.1 Å². The topological polar surface area (TPSA) is 78.1 Å². The smallest absolute Gasteiger partial charge is 0.256 e. The van der Waals surface area contributed by atoms with Crippen LogP contribution in [0.1, 0.15) is 36.0 Å². The molecular formula is C18H22N4O2. The van der Waals surface area contributed by atoms with Crippen molar-refractivity contribution in [1.82, 2.24) is 20.4 Å². The highest BCUT2D eigenvalue weighted by molar-refractivity contribution is 6.05. The minimum atomic E-state index is -0.0950. The predicted octanol–water partition coefficient (Wildman–Crippen LogP) is 1.94. The fourth-order valence-electron chi connectivity index (χ4n) is 3.40. The summed E-state index contributed by atoms with van der Waals surface area (Å²) in [5, 5.41) is 10.9. The summed E-state index contributed by atoms with van der Waals surface area (Å²) >= 11 is 0. The second-order valence-electron chi connectivity index (χ2n) is 6.92. The molecule has 4 rings (SSSR count). The van der Waals surface area contributed by atoms with Crippen LogP contribution in [0.2, 0.25) is 0 Å². The number of hydrogen-bond donors (Lipinski definition) is 2. The third kappa shape index (κ3) is 3.00. The number of carbonyl (C=O) groups is 2. The number of nitrogens with zero attached hydrogens (tertiary/aromatic N) is 2. The van der Waals surface area contributed by atoms with Gasteiger partial charge in [-0.15, -0.1) is 0 Å². The van der Waals surface area contributed by atoms with E-state index in [2.05, 4.69) is 15.5 Å². The van der Waals surface area contributed by atoms with Gasteiger partial charge in [-0.1, -0.05) is 12.1 Å². The molecule has 2 heterocycles. The quantitative estimate of drug-likeness (QED) is 0.901. The van der Waals surface area contributed by atoms with Gasteiger partial charge in [0.2, 0.25) is 5.91 Å². The van der Waals surface area contributed by atoms with E-state index in [0.29, 0.717) is 24.6 Å². The summed E-state index contributed by atoms with van der Waals surface area (Å²) in [6, 6.07) is 5.62. The van der Waals surface area contributed by atoms with Gasteiger partial charge in [-0.25, -0.2) is 0 Å². The minimum absolute atomic E-state index is 0.0236. The fraction of sp³-hybridized carbons (Fsp3) is 0.500. The Morgan fingerprint density at radius 1 is 1.29 bits per heavy atom. The number of para-hydroxylation sites is 1. The fourth-order valence-corrected chi connectivity index (χ4v) is 3.40. The molecule has 1 aliphatic heterocycles. The van der Waals surface area contributed by atoms with E-state index >= 15 is 0 Å². The Labute approximate surface area is 140 Å². The molecule has 24 heavy (non-hydrogen) atoms. The number of H-pyrrole nitrogens is 1. The number of fused-ring (bicyclic) bond motifs is 1. The van der Waals surface area contributed by atoms with Gasteiger partial charge in [-0.2, -0.15) is 5.10 Å². The van der Waals surface area contributed by atoms with Crippen molar-refractivity contribution in [3.05, 3.63) is 30.0 Å². The van der Waals surface area contributed by atoms with Crippen molar-refractivity contribution in [3.8, 4) is 0 Å². The lowest BCUT2D eigenvalue weighted by Crippen LogP contribution is -2.45. The number of piperidine rings is 1. The van der Waals surface area contributed by atoms with E-state index in [-0.39, 0.29) is 17.7 Å². The molecule has 2 aliphatic rings. The van der Waals surface area contributed by atoms with Crippen molar-refractivity contribution in [2.45, 2.75) is 25.7 Å². The second kappa shape index (κ2) is 6.26. The van der Waals surface area contributed by atoms with Gasteiger partial charge in [-0.05, 0) is 37.7 Å². The number of aromatic nitrogens is 2. The normalized spacial score (nSPS) is 21.0. The van der Waals surface area contributed by atoms with E-state index in [1.807, 2.05) is 18.2 Å². The molecule has 126 valence electrons. The first kappa shape index (κ1) is 15.2. The molecule has 1 aromatic carbocycles. The number of carbonyl (C=O) groups excluding carboxylic acids is 2. The van der Waals surface area contributed by atoms with Gasteiger partial charge < -0.3 is 10.2 Å². The summed E-state index contributed by atoms with van der Waals surface area (Å²) in [4.78, 5) is 27.0. The highest BCUT2D eigenvalue weighted by atomic mass is 16.2. The third-order valence-electron chi connectivity index (χ3n) is 5.05. The van der Waals surface area contributed by atoms with Crippen LogP contribution in [0, 0.1) is 11.8 Å². The Hall–Kier alpha value is -2.37. The minimum Gasteiger partial charge on any atom is -0.356 e. The highest BCUT2D eigenvalue weighted by Gasteiger charge is 2.30. The summed E-state index contributed by atoms with van der Waals surface area (Å²) in [6.07, 6.45) is 5.89. The van der Waals surface area contributed by atoms with Crippen molar-refractivity contribution in [2.24, 2.45) is 11.8 Å². The van der Waals surface area contributed by atoms with Crippen LogP contribution in [-0.4, -0.2) is 46.5 Å². The number of amides is 2. The molecule has 0 unspecified atom stereocenters. The van der Waals surface area contributed by atoms with Crippen LogP contribution in [0.4, 0.5) is 0 Å². The molecule has 6 heteroatoms. The number of benzene rings is 1. The molecular weight excluding hydrogens is 304 g/mol. The standard InChI is InChI=1S/C18H22N4O2/c23-17(19-9-12-6-7-12)14-4-2-8-22(11-14)18(24)15-5-1-3-13-10-20-21-16(13)15/h1,3,5,10,12,14H,2,4,6-9,11H2,(H,19,23)(H,20,21)/t14-/m1/s1. The van der Waals surface area contributed by atoms with Crippen molar-refractivity contribution in [2.75, 3.05) is 19.6 Å². The van der Waals surface area contributed by atoms with Crippen LogP contribution < -0.4 is 5.32 Å². The molecule has 2 fully saturated rings. The first-order valence-electron chi connectivity index (χ1n) is 8.71. The average Bonchev–Trinajstić information content (AvgIpc) is 3.33. The molecule has 0 bridgehead atoms. The Balaban J connectivity index is 1.46. The predicted molar refractivity (Wildman–Crippen MR) is 90.5 cm³/mol. The van der Waals surface area contributed by atoms with E-state index in [9.17, 15) is 9.59 Å². The SMILES string of the molecule is O=C(NCC1CC1)[C@@H]1CCCN(C(=O)c2cccc3cn[nH]c23)C1. The summed E-state index contributed by atoms with van der Waals surface area (Å²) in [5.41, 5.74) is 1.40. The molecule has 2 N–H and O–H groups in total. The molecule has 2 amide bonds. The molecule has 1 saturated carbocycles. The zero-order valence-electron chi connectivity index (χ0n) is 13.6. The monoisotopic (exact) mass is 326 g/mol. The third-order valence-corrected chi connectivity index (χ3v) is 5.05. The maximum atomic E-state index is 12.9. The van der Waals surface area contributed by atoms with Gasteiger partial charge in [0.1, 0.15) is 0 Å². The van der Waals surface area contributed by atoms with Crippen molar-refractivity contribution < 1.29 is 9.59 Å². The first-order valence-corrected chi connectivity index (χ1v) is 8.71. The zero-order valence-corrected chi connectivity index (χ0v) is 13.6. The maximum absolute atomic E-state index is 12.9. The van der Waals surface area contributed by atoms with E-state index in [4.69, 9.17) is 0 Å². The van der Waals surface area contributed by atoms with Crippen LogP contribution in [0.15, 0.2) is 24.4 Å². The van der Waals surface area contributed by atoms with Crippen LogP contribution in [-0.2, 0) is 4.79 Å². The first-order chi connectivity index (χ1) is 11.7. The van der Waals surface area contributed by atoms with Gasteiger partial charge >= 0.3 is 0 Å². The van der Waals surface area contributed by atoms with Crippen molar-refractivity contribution in [3.63, 3.8) is 0 Å². The van der Waals surface area contributed by atoms with Gasteiger partial charge in [-0.3, -0.25) is 14.7 Å². The molecule has 1 saturated heterocycles. The lowest BCUT2D eigenvalue weighted by atomic mass is 9.96. The number of likely N-dealkylation sites (tertiary alicyclic amines) is 1. The largest absolute Gasteiger partial charge is 0.356 e. The second-order valence-corrected chi connectivity index (χ2v) is 6.92. The van der Waals surface area contributed by atoms with E-state index in [1.165, 1.54) is 12.8 Å². The Morgan fingerprint density at radius 2 is 2.17 bits per heavy atom. The maximum Gasteiger partial charge on any atom is 0.256 e. The average molecular weight is 326 g/mol. The van der Waals surface area contributed by atoms with Gasteiger partial charge in [0, 0.05) is 25.0 Å². The van der Waals surface area contributed by atoms with Crippen molar-refractivity contribution >= 4 is 22.7 Å². The Bertz CT molecular complexity index is 765. The lowest BCUT2D eigenvalue weighted by molar-refractivity contribution is -0.126. The van der Waals surface area contributed by atoms with E-state index in [0.717, 1.165) is 30.3 Å². The summed E-state index contributed by atoms with van der Waals surface area (Å²) in [5.74, 6) is 0.652. The Morgan fingerprint density at radius 3 is 3.00 bits per heavy atom. The molecule has 1 atom stereocenters. The van der Waals surface area contributed by atoms with Gasteiger partial charge in [0.05, 0.1) is 23.2 Å². The van der Waals surface area contributed by atoms with Crippen LogP contribution in [0.25, 0.3) is 10.9 Å². The number of rotatable bonds is 4. The molecule has 0 radical (unpaired) electrons. The van der Waals surface area contributed by atoms with Gasteiger partial charge in [0.15, 0.2) is 0 Å². The molecule has 2 aromatic rings. The highest BCUT2D eigenvalue weighted by Crippen LogP contribution is 2.28. The molecule has 6 nitrogen and oxygen atoms in total. The summed E-state index contributed by atoms with van der Waals surface area (Å²) in [6.45, 7) is 1.99. The lowest BCUT2D eigenvalue weighted by Gasteiger charge is -2.32. The van der Waals surface area contributed by atoms with Crippen LogP contribution in [0.3, 0.4) is 0 Å². The number of nitrogens with one attached hydrogen (secondary N) is 2. The van der Waals surface area contributed by atoms with Crippen molar-refractivity contribution in [1.29, 1.82) is 0 Å². The van der Waals surface area contributed by atoms with Gasteiger partial charge in [0.25, 0.3) is 5.91 Å². The molecule has 0 spiro atoms. The van der Waals surface area contributed by atoms with E-state index < -0.39 is 0 Å².